The minimum Gasteiger partial charge on any atom is -0.462 e. The summed E-state index contributed by atoms with van der Waals surface area (Å²) < 4.78 is 39.4. The fourth-order valence-electron chi connectivity index (χ4n) is 7.09. The van der Waals surface area contributed by atoms with Gasteiger partial charge in [0.2, 0.25) is 0 Å². The molecule has 3 atom stereocenters. The Morgan fingerprint density at radius 1 is 0.359 bits per heavy atom. The third kappa shape index (κ3) is 55.8. The molecule has 0 heterocycles. The summed E-state index contributed by atoms with van der Waals surface area (Å²) in [5, 5.41) is 9.82. The lowest BCUT2D eigenvalue weighted by Gasteiger charge is -2.21. The maximum atomic E-state index is 12.9. The topological polar surface area (TPSA) is 155 Å². The largest absolute Gasteiger partial charge is 0.472 e. The summed E-state index contributed by atoms with van der Waals surface area (Å²) in [5.74, 6) is -1.63. The van der Waals surface area contributed by atoms with Crippen molar-refractivity contribution in [2.75, 3.05) is 26.4 Å². The number of aliphatic hydroxyl groups is 1. The van der Waals surface area contributed by atoms with Crippen LogP contribution in [0.1, 0.15) is 201 Å². The van der Waals surface area contributed by atoms with E-state index in [0.29, 0.717) is 32.1 Å². The fraction of sp³-hybridized carbons (Fsp3) is 0.561. The number of unbranched alkanes of at least 4 members (excludes halogenated alkanes) is 9. The number of hydrogen-bond donors (Lipinski definition) is 2. The fourth-order valence-corrected chi connectivity index (χ4v) is 7.87. The van der Waals surface area contributed by atoms with Gasteiger partial charge in [0.1, 0.15) is 12.7 Å². The Bertz CT molecular complexity index is 1910. The predicted molar refractivity (Wildman–Crippen MR) is 325 cm³/mol. The Kier molecular flexibility index (Phi) is 54.6. The van der Waals surface area contributed by atoms with Crippen molar-refractivity contribution in [3.05, 3.63) is 158 Å². The minimum absolute atomic E-state index is 0.0730. The number of rotatable bonds is 52. The molecule has 0 spiro atoms. The van der Waals surface area contributed by atoms with Gasteiger partial charge in [-0.1, -0.05) is 211 Å². The minimum atomic E-state index is -4.80. The summed E-state index contributed by atoms with van der Waals surface area (Å²) in [4.78, 5) is 48.6. The van der Waals surface area contributed by atoms with Gasteiger partial charge in [-0.05, 0) is 128 Å². The number of esters is 3. The van der Waals surface area contributed by atoms with Gasteiger partial charge in [-0.15, -0.1) is 0 Å². The molecule has 11 nitrogen and oxygen atoms in total. The van der Waals surface area contributed by atoms with E-state index in [1.165, 1.54) is 6.42 Å². The Morgan fingerprint density at radius 3 is 1.00 bits per heavy atom. The van der Waals surface area contributed by atoms with Gasteiger partial charge >= 0.3 is 25.7 Å². The summed E-state index contributed by atoms with van der Waals surface area (Å²) in [5.41, 5.74) is 0. The van der Waals surface area contributed by atoms with Crippen LogP contribution in [0.15, 0.2) is 158 Å². The van der Waals surface area contributed by atoms with E-state index in [-0.39, 0.29) is 25.9 Å². The Labute approximate surface area is 473 Å². The quantitative estimate of drug-likeness (QED) is 0.0197. The average Bonchev–Trinajstić information content (AvgIpc) is 3.43. The van der Waals surface area contributed by atoms with Gasteiger partial charge in [0.15, 0.2) is 6.10 Å². The summed E-state index contributed by atoms with van der Waals surface area (Å²) >= 11 is 0. The first-order valence-electron chi connectivity index (χ1n) is 29.4. The Hall–Kier alpha value is -4.90. The first kappa shape index (κ1) is 73.1. The lowest BCUT2D eigenvalue weighted by molar-refractivity contribution is -0.161. The Morgan fingerprint density at radius 2 is 0.641 bits per heavy atom. The average molecular weight is 1100 g/mol. The summed E-state index contributed by atoms with van der Waals surface area (Å²) in [6.07, 6.45) is 76.4. The zero-order chi connectivity index (χ0) is 56.9. The van der Waals surface area contributed by atoms with E-state index in [2.05, 4.69) is 154 Å². The van der Waals surface area contributed by atoms with Crippen LogP contribution in [0.25, 0.3) is 0 Å². The molecule has 0 fully saturated rings. The van der Waals surface area contributed by atoms with Crippen LogP contribution in [-0.4, -0.2) is 66.5 Å². The predicted octanol–water partition coefficient (Wildman–Crippen LogP) is 17.7. The molecule has 0 aliphatic heterocycles. The van der Waals surface area contributed by atoms with E-state index < -0.39 is 57.8 Å². The van der Waals surface area contributed by atoms with Crippen molar-refractivity contribution < 1.29 is 52.2 Å². The third-order valence-corrected chi connectivity index (χ3v) is 12.4. The van der Waals surface area contributed by atoms with Crippen LogP contribution in [0.4, 0.5) is 0 Å². The zero-order valence-corrected chi connectivity index (χ0v) is 49.2. The van der Waals surface area contributed by atoms with Crippen molar-refractivity contribution in [1.82, 2.24) is 0 Å². The SMILES string of the molecule is CC/C=C\C/C=C\C/C=C\C/C=C\C/C=C\CCCC(=O)OC(CO)COP(=O)(O)OCC(COC(=O)CCCCCCCCC/C=C\C/C=C\C/C=C\CC)OC(=O)CCC/C=C\C/C=C\C/C=C\C/C=C\C/C=C\CC. The second-order valence-electron chi connectivity index (χ2n) is 18.7. The molecule has 0 saturated heterocycles. The summed E-state index contributed by atoms with van der Waals surface area (Å²) in [6, 6.07) is 0. The molecule has 0 aromatic rings. The van der Waals surface area contributed by atoms with Gasteiger partial charge in [0.25, 0.3) is 0 Å². The molecule has 78 heavy (non-hydrogen) atoms. The molecule has 12 heteroatoms. The first-order chi connectivity index (χ1) is 38.2. The van der Waals surface area contributed by atoms with Gasteiger partial charge < -0.3 is 24.2 Å². The van der Waals surface area contributed by atoms with E-state index in [4.69, 9.17) is 23.3 Å². The number of allylic oxidation sites excluding steroid dienone is 26. The number of ether oxygens (including phenoxy) is 3. The number of carbonyl (C=O) groups is 3. The number of phosphoric ester groups is 1. The van der Waals surface area contributed by atoms with Gasteiger partial charge in [-0.25, -0.2) is 4.57 Å². The highest BCUT2D eigenvalue weighted by Crippen LogP contribution is 2.43. The molecule has 0 bridgehead atoms. The highest BCUT2D eigenvalue weighted by atomic mass is 31.2. The number of aliphatic hydroxyl groups excluding tert-OH is 1. The molecule has 0 aromatic heterocycles. The van der Waals surface area contributed by atoms with E-state index in [1.807, 2.05) is 24.3 Å². The molecular formula is C66H103O11P. The zero-order valence-electron chi connectivity index (χ0n) is 48.3. The molecule has 0 saturated carbocycles. The van der Waals surface area contributed by atoms with Crippen molar-refractivity contribution in [1.29, 1.82) is 0 Å². The maximum Gasteiger partial charge on any atom is 0.472 e. The van der Waals surface area contributed by atoms with Crippen LogP contribution in [0.2, 0.25) is 0 Å². The van der Waals surface area contributed by atoms with Crippen LogP contribution < -0.4 is 0 Å². The van der Waals surface area contributed by atoms with E-state index in [1.54, 1.807) is 0 Å². The van der Waals surface area contributed by atoms with Crippen molar-refractivity contribution in [2.45, 2.75) is 213 Å². The van der Waals surface area contributed by atoms with Crippen LogP contribution in [0, 0.1) is 0 Å². The normalized spacial score (nSPS) is 14.5. The monoisotopic (exact) mass is 1100 g/mol. The van der Waals surface area contributed by atoms with Crippen molar-refractivity contribution in [3.8, 4) is 0 Å². The summed E-state index contributed by atoms with van der Waals surface area (Å²) in [7, 11) is -4.80. The van der Waals surface area contributed by atoms with E-state index in [0.717, 1.165) is 122 Å². The van der Waals surface area contributed by atoms with Crippen LogP contribution >= 0.6 is 7.82 Å². The number of carbonyl (C=O) groups excluding carboxylic acids is 3. The standard InChI is InChI=1S/C66H103O11P/c1-4-7-10-13-16-19-22-25-28-31-34-37-40-43-46-49-52-55-64(68)73-59-63(77-66(70)57-54-51-48-45-42-39-36-33-30-27-24-21-18-15-12-9-6-3)61-75-78(71,72)74-60-62(58-67)76-65(69)56-53-50-47-44-41-38-35-32-29-26-23-20-17-14-11-8-5-2/h7-12,16-21,25-30,35-36,38-39,44-45,47-48,62-63,67H,4-6,13-15,22-24,31-34,37,40-43,46,49-61H2,1-3H3,(H,71,72)/b10-7-,11-8-,12-9-,19-16-,20-17-,21-18-,28-25-,29-26-,30-27-,38-35-,39-36-,47-44-,48-45-. The van der Waals surface area contributed by atoms with Gasteiger partial charge in [0.05, 0.1) is 19.8 Å². The van der Waals surface area contributed by atoms with Gasteiger partial charge in [-0.3, -0.25) is 23.4 Å². The van der Waals surface area contributed by atoms with Gasteiger partial charge in [0, 0.05) is 19.3 Å². The Balaban J connectivity index is 4.90. The van der Waals surface area contributed by atoms with Crippen LogP contribution in [-0.2, 0) is 42.2 Å². The third-order valence-electron chi connectivity index (χ3n) is 11.4. The highest BCUT2D eigenvalue weighted by Gasteiger charge is 2.28. The van der Waals surface area contributed by atoms with E-state index >= 15 is 0 Å². The van der Waals surface area contributed by atoms with Crippen LogP contribution in [0.5, 0.6) is 0 Å². The molecule has 438 valence electrons. The first-order valence-corrected chi connectivity index (χ1v) is 30.9. The van der Waals surface area contributed by atoms with Gasteiger partial charge in [-0.2, -0.15) is 0 Å². The number of phosphoric acid groups is 1. The molecule has 0 rings (SSSR count). The second kappa shape index (κ2) is 58.3. The molecule has 0 amide bonds. The molecule has 0 aromatic carbocycles. The lowest BCUT2D eigenvalue weighted by Crippen LogP contribution is -2.30. The molecule has 3 unspecified atom stereocenters. The smallest absolute Gasteiger partial charge is 0.462 e. The second-order valence-corrected chi connectivity index (χ2v) is 20.1. The highest BCUT2D eigenvalue weighted by molar-refractivity contribution is 7.47. The molecular weight excluding hydrogens is 1000 g/mol. The molecule has 0 aliphatic rings. The molecule has 0 aliphatic carbocycles. The van der Waals surface area contributed by atoms with E-state index in [9.17, 15) is 28.9 Å². The van der Waals surface area contributed by atoms with Crippen molar-refractivity contribution in [2.24, 2.45) is 0 Å². The molecule has 0 radical (unpaired) electrons. The maximum absolute atomic E-state index is 12.9. The summed E-state index contributed by atoms with van der Waals surface area (Å²) in [6.45, 7) is 4.14. The van der Waals surface area contributed by atoms with Crippen molar-refractivity contribution in [3.63, 3.8) is 0 Å². The number of hydrogen-bond acceptors (Lipinski definition) is 10. The molecule has 2 N–H and O–H groups in total. The lowest BCUT2D eigenvalue weighted by atomic mass is 10.1. The van der Waals surface area contributed by atoms with Crippen molar-refractivity contribution >= 4 is 25.7 Å². The van der Waals surface area contributed by atoms with Crippen LogP contribution in [0.3, 0.4) is 0 Å².